The molecule has 0 fully saturated rings. The van der Waals surface area contributed by atoms with Gasteiger partial charge in [-0.3, -0.25) is 0 Å². The molecule has 0 saturated carbocycles. The zero-order valence-electron chi connectivity index (χ0n) is 15.0. The maximum absolute atomic E-state index is 12.0. The normalized spacial score (nSPS) is 27.8. The first-order valence-corrected chi connectivity index (χ1v) is 11.0. The second-order valence-corrected chi connectivity index (χ2v) is 9.26. The largest absolute Gasteiger partial charge is 0.623 e. The molecule has 2 aliphatic rings. The first kappa shape index (κ1) is 20.9. The van der Waals surface area contributed by atoms with Gasteiger partial charge in [-0.15, -0.1) is 0 Å². The Labute approximate surface area is 160 Å². The lowest BCUT2D eigenvalue weighted by Crippen LogP contribution is -2.43. The van der Waals surface area contributed by atoms with Crippen LogP contribution in [0.5, 0.6) is 0 Å². The highest BCUT2D eigenvalue weighted by atomic mass is 33.1. The van der Waals surface area contributed by atoms with Gasteiger partial charge in [0.05, 0.1) is 0 Å². The molecule has 2 atom stereocenters. The van der Waals surface area contributed by atoms with Crippen molar-refractivity contribution in [3.05, 3.63) is 10.4 Å². The SMILES string of the molecule is CC1(C(=O)OCCSSCCOC(=O)C2(C)CCC=[N+]2[O-])CCC=[N+]1[O-]. The molecule has 0 spiro atoms. The molecule has 2 aliphatic heterocycles. The molecule has 0 aromatic heterocycles. The van der Waals surface area contributed by atoms with E-state index in [1.807, 2.05) is 0 Å². The molecule has 0 aromatic carbocycles. The average Bonchev–Trinajstić information content (AvgIpc) is 3.13. The van der Waals surface area contributed by atoms with Gasteiger partial charge in [0.25, 0.3) is 11.1 Å². The maximum atomic E-state index is 12.0. The van der Waals surface area contributed by atoms with Crippen LogP contribution in [-0.4, -0.2) is 69.6 Å². The van der Waals surface area contributed by atoms with Crippen LogP contribution in [0.1, 0.15) is 39.5 Å². The fraction of sp³-hybridized carbons (Fsp3) is 0.750. The zero-order chi connectivity index (χ0) is 19.2. The zero-order valence-corrected chi connectivity index (χ0v) is 16.6. The minimum atomic E-state index is -1.10. The Bertz CT molecular complexity index is 560. The van der Waals surface area contributed by atoms with Crippen molar-refractivity contribution in [3.8, 4) is 0 Å². The monoisotopic (exact) mass is 404 g/mol. The van der Waals surface area contributed by atoms with E-state index in [-0.39, 0.29) is 13.2 Å². The van der Waals surface area contributed by atoms with Crippen molar-refractivity contribution in [2.24, 2.45) is 0 Å². The Morgan fingerprint density at radius 2 is 1.31 bits per heavy atom. The van der Waals surface area contributed by atoms with Crippen LogP contribution in [-0.2, 0) is 19.1 Å². The van der Waals surface area contributed by atoms with Crippen molar-refractivity contribution in [2.75, 3.05) is 24.7 Å². The molecule has 146 valence electrons. The molecule has 0 N–H and O–H groups in total. The molecule has 0 bridgehead atoms. The Kier molecular flexibility index (Phi) is 7.22. The smallest absolute Gasteiger partial charge is 0.379 e. The van der Waals surface area contributed by atoms with Gasteiger partial charge in [-0.2, -0.15) is 9.48 Å². The van der Waals surface area contributed by atoms with E-state index in [0.29, 0.717) is 46.7 Å². The number of hydrogen-bond donors (Lipinski definition) is 0. The van der Waals surface area contributed by atoms with Crippen molar-refractivity contribution in [2.45, 2.75) is 50.6 Å². The molecule has 0 amide bonds. The molecule has 2 heterocycles. The van der Waals surface area contributed by atoms with Crippen LogP contribution in [0.3, 0.4) is 0 Å². The summed E-state index contributed by atoms with van der Waals surface area (Å²) in [5, 5.41) is 23.2. The molecule has 2 rings (SSSR count). The fourth-order valence-electron chi connectivity index (χ4n) is 2.70. The Morgan fingerprint density at radius 1 is 0.923 bits per heavy atom. The van der Waals surface area contributed by atoms with E-state index < -0.39 is 23.0 Å². The molecule has 0 saturated heterocycles. The van der Waals surface area contributed by atoms with Crippen molar-refractivity contribution < 1.29 is 28.5 Å². The van der Waals surface area contributed by atoms with E-state index in [4.69, 9.17) is 9.47 Å². The lowest BCUT2D eigenvalue weighted by atomic mass is 10.0. The molecule has 0 aliphatic carbocycles. The van der Waals surface area contributed by atoms with Crippen LogP contribution in [0.4, 0.5) is 0 Å². The Morgan fingerprint density at radius 3 is 1.62 bits per heavy atom. The minimum absolute atomic E-state index is 0.221. The average molecular weight is 405 g/mol. The predicted molar refractivity (Wildman–Crippen MR) is 101 cm³/mol. The molecular formula is C16H24N2O6S2. The second kappa shape index (κ2) is 8.98. The van der Waals surface area contributed by atoms with Crippen molar-refractivity contribution in [1.82, 2.24) is 0 Å². The van der Waals surface area contributed by atoms with Gasteiger partial charge in [-0.1, -0.05) is 21.6 Å². The number of ether oxygens (including phenoxy) is 2. The van der Waals surface area contributed by atoms with E-state index in [2.05, 4.69) is 0 Å². The molecule has 0 radical (unpaired) electrons. The van der Waals surface area contributed by atoms with E-state index in [1.54, 1.807) is 13.8 Å². The van der Waals surface area contributed by atoms with Gasteiger partial charge < -0.3 is 19.9 Å². The van der Waals surface area contributed by atoms with Crippen LogP contribution < -0.4 is 0 Å². The van der Waals surface area contributed by atoms with Crippen molar-refractivity contribution in [3.63, 3.8) is 0 Å². The van der Waals surface area contributed by atoms with Crippen LogP contribution in [0, 0.1) is 10.4 Å². The maximum Gasteiger partial charge on any atom is 0.379 e. The topological polar surface area (TPSA) is 105 Å². The number of carbonyl (C=O) groups excluding carboxylic acids is 2. The third-order valence-corrected chi connectivity index (χ3v) is 6.92. The molecular weight excluding hydrogens is 380 g/mol. The summed E-state index contributed by atoms with van der Waals surface area (Å²) in [5.41, 5.74) is -2.20. The van der Waals surface area contributed by atoms with Gasteiger partial charge in [0.1, 0.15) is 13.2 Å². The number of nitrogens with zero attached hydrogens (tertiary/aromatic N) is 2. The summed E-state index contributed by atoms with van der Waals surface area (Å²) in [6.07, 6.45) is 5.03. The standard InChI is InChI=1S/C16H24N2O6S2/c1-15(5-3-7-17(15)21)13(19)23-9-11-25-26-12-10-24-14(20)16(2)6-4-8-18(16)22/h7-8H,3-6,9-12H2,1-2H3. The van der Waals surface area contributed by atoms with Crippen LogP contribution in [0.15, 0.2) is 0 Å². The summed E-state index contributed by atoms with van der Waals surface area (Å²) in [7, 11) is 2.98. The summed E-state index contributed by atoms with van der Waals surface area (Å²) in [4.78, 5) is 24.0. The number of hydrogen-bond acceptors (Lipinski definition) is 8. The molecule has 0 aromatic rings. The van der Waals surface area contributed by atoms with Crippen molar-refractivity contribution >= 4 is 46.0 Å². The fourth-order valence-corrected chi connectivity index (χ4v) is 4.35. The number of carbonyl (C=O) groups is 2. The summed E-state index contributed by atoms with van der Waals surface area (Å²) in [6, 6.07) is 0. The first-order chi connectivity index (χ1) is 12.3. The summed E-state index contributed by atoms with van der Waals surface area (Å²) in [6.45, 7) is 3.62. The Hall–Kier alpha value is -1.42. The van der Waals surface area contributed by atoms with Crippen molar-refractivity contribution in [1.29, 1.82) is 0 Å². The molecule has 2 unspecified atom stereocenters. The van der Waals surface area contributed by atoms with Crippen LogP contribution >= 0.6 is 21.6 Å². The van der Waals surface area contributed by atoms with Crippen LogP contribution in [0.2, 0.25) is 0 Å². The quantitative estimate of drug-likeness (QED) is 0.188. The summed E-state index contributed by atoms with van der Waals surface area (Å²) in [5.74, 6) is 0.155. The highest BCUT2D eigenvalue weighted by Crippen LogP contribution is 2.25. The summed E-state index contributed by atoms with van der Waals surface area (Å²) >= 11 is 0. The molecule has 8 nitrogen and oxygen atoms in total. The van der Waals surface area contributed by atoms with Gasteiger partial charge in [-0.05, 0) is 0 Å². The number of hydroxylamine groups is 2. The third kappa shape index (κ3) is 4.64. The van der Waals surface area contributed by atoms with E-state index in [0.717, 1.165) is 0 Å². The van der Waals surface area contributed by atoms with Gasteiger partial charge in [-0.25, -0.2) is 9.59 Å². The number of rotatable bonds is 9. The first-order valence-electron chi connectivity index (χ1n) is 8.49. The summed E-state index contributed by atoms with van der Waals surface area (Å²) < 4.78 is 11.7. The highest BCUT2D eigenvalue weighted by Gasteiger charge is 2.47. The van der Waals surface area contributed by atoms with Gasteiger partial charge in [0.15, 0.2) is 12.4 Å². The van der Waals surface area contributed by atoms with E-state index in [1.165, 1.54) is 34.0 Å². The number of esters is 2. The van der Waals surface area contributed by atoms with E-state index >= 15 is 0 Å². The second-order valence-electron chi connectivity index (χ2n) is 6.56. The van der Waals surface area contributed by atoms with Gasteiger partial charge >= 0.3 is 11.9 Å². The lowest BCUT2D eigenvalue weighted by Gasteiger charge is -2.21. The van der Waals surface area contributed by atoms with Crippen LogP contribution in [0.25, 0.3) is 0 Å². The Balaban J connectivity index is 1.52. The van der Waals surface area contributed by atoms with E-state index in [9.17, 15) is 20.0 Å². The highest BCUT2D eigenvalue weighted by molar-refractivity contribution is 8.76. The molecule has 10 heteroatoms. The van der Waals surface area contributed by atoms with Gasteiger partial charge in [0.2, 0.25) is 0 Å². The molecule has 26 heavy (non-hydrogen) atoms. The van der Waals surface area contributed by atoms with Gasteiger partial charge in [0, 0.05) is 51.0 Å². The third-order valence-electron chi connectivity index (χ3n) is 4.59. The minimum Gasteiger partial charge on any atom is -0.623 e. The predicted octanol–water partition coefficient (Wildman–Crippen LogP) is 1.72. The lowest BCUT2D eigenvalue weighted by molar-refractivity contribution is -0.518.